The van der Waals surface area contributed by atoms with E-state index in [0.717, 1.165) is 36.3 Å². The fraction of sp³-hybridized carbons (Fsp3) is 0.562. The van der Waals surface area contributed by atoms with Gasteiger partial charge in [-0.2, -0.15) is 0 Å². The Kier molecular flexibility index (Phi) is 5.87. The number of carbonyl (C=O) groups is 1. The van der Waals surface area contributed by atoms with Crippen LogP contribution in [0.15, 0.2) is 18.2 Å². The summed E-state index contributed by atoms with van der Waals surface area (Å²) in [7, 11) is 0. The minimum atomic E-state index is 0.136. The van der Waals surface area contributed by atoms with Crippen molar-refractivity contribution in [1.82, 2.24) is 4.90 Å². The van der Waals surface area contributed by atoms with Gasteiger partial charge in [0.05, 0.1) is 0 Å². The zero-order valence-electron chi connectivity index (χ0n) is 12.8. The summed E-state index contributed by atoms with van der Waals surface area (Å²) in [5.41, 5.74) is 2.91. The molecule has 19 heavy (non-hydrogen) atoms. The number of carbonyl (C=O) groups excluding carboxylic acids is 1. The topological polar surface area (TPSA) is 32.3 Å². The monoisotopic (exact) mass is 262 g/mol. The van der Waals surface area contributed by atoms with E-state index in [1.165, 1.54) is 0 Å². The van der Waals surface area contributed by atoms with E-state index >= 15 is 0 Å². The second kappa shape index (κ2) is 7.17. The van der Waals surface area contributed by atoms with Crippen LogP contribution in [-0.2, 0) is 0 Å². The Hall–Kier alpha value is -1.51. The smallest absolute Gasteiger partial charge is 0.254 e. The van der Waals surface area contributed by atoms with Gasteiger partial charge in [-0.25, -0.2) is 0 Å². The van der Waals surface area contributed by atoms with E-state index in [1.54, 1.807) is 0 Å². The second-order valence-electron chi connectivity index (χ2n) is 4.91. The van der Waals surface area contributed by atoms with Gasteiger partial charge in [0.2, 0.25) is 0 Å². The molecule has 0 aromatic heterocycles. The average Bonchev–Trinajstić information content (AvgIpc) is 2.39. The van der Waals surface area contributed by atoms with Gasteiger partial charge in [0.25, 0.3) is 5.91 Å². The van der Waals surface area contributed by atoms with Crippen molar-refractivity contribution in [1.29, 1.82) is 0 Å². The summed E-state index contributed by atoms with van der Waals surface area (Å²) in [4.78, 5) is 14.5. The van der Waals surface area contributed by atoms with E-state index in [4.69, 9.17) is 0 Å². The summed E-state index contributed by atoms with van der Waals surface area (Å²) in [5.74, 6) is 0.136. The highest BCUT2D eigenvalue weighted by Gasteiger charge is 2.20. The lowest BCUT2D eigenvalue weighted by molar-refractivity contribution is 0.0699. The maximum absolute atomic E-state index is 12.6. The number of amides is 1. The van der Waals surface area contributed by atoms with Gasteiger partial charge in [-0.1, -0.05) is 6.92 Å². The fourth-order valence-electron chi connectivity index (χ4n) is 2.25. The molecular weight excluding hydrogens is 236 g/mol. The van der Waals surface area contributed by atoms with Crippen molar-refractivity contribution in [3.8, 4) is 0 Å². The number of aryl methyl sites for hydroxylation is 1. The van der Waals surface area contributed by atoms with Gasteiger partial charge in [0.1, 0.15) is 0 Å². The summed E-state index contributed by atoms with van der Waals surface area (Å²) in [6.45, 7) is 12.0. The van der Waals surface area contributed by atoms with E-state index in [9.17, 15) is 4.79 Å². The Morgan fingerprint density at radius 1 is 1.32 bits per heavy atom. The van der Waals surface area contributed by atoms with Crippen molar-refractivity contribution in [2.24, 2.45) is 0 Å². The second-order valence-corrected chi connectivity index (χ2v) is 4.91. The van der Waals surface area contributed by atoms with Gasteiger partial charge >= 0.3 is 0 Å². The molecule has 0 radical (unpaired) electrons. The van der Waals surface area contributed by atoms with Gasteiger partial charge < -0.3 is 10.2 Å². The molecule has 0 fully saturated rings. The SMILES string of the molecule is CCNc1ccc(C(=O)N(CC)C(C)CC)c(C)c1. The van der Waals surface area contributed by atoms with Crippen LogP contribution in [0.25, 0.3) is 0 Å². The minimum absolute atomic E-state index is 0.136. The summed E-state index contributed by atoms with van der Waals surface area (Å²) in [6, 6.07) is 6.24. The molecule has 1 aromatic carbocycles. The maximum atomic E-state index is 12.6. The van der Waals surface area contributed by atoms with E-state index in [2.05, 4.69) is 26.1 Å². The van der Waals surface area contributed by atoms with Crippen LogP contribution in [0.3, 0.4) is 0 Å². The molecule has 1 atom stereocenters. The molecule has 1 unspecified atom stereocenters. The zero-order chi connectivity index (χ0) is 14.4. The molecule has 1 amide bonds. The lowest BCUT2D eigenvalue weighted by Crippen LogP contribution is -2.38. The summed E-state index contributed by atoms with van der Waals surface area (Å²) < 4.78 is 0. The van der Waals surface area contributed by atoms with Crippen LogP contribution in [0.5, 0.6) is 0 Å². The quantitative estimate of drug-likeness (QED) is 0.848. The minimum Gasteiger partial charge on any atom is -0.385 e. The molecule has 0 saturated carbocycles. The molecule has 106 valence electrons. The van der Waals surface area contributed by atoms with Crippen molar-refractivity contribution in [3.05, 3.63) is 29.3 Å². The van der Waals surface area contributed by atoms with E-state index < -0.39 is 0 Å². The van der Waals surface area contributed by atoms with Crippen molar-refractivity contribution < 1.29 is 4.79 Å². The molecule has 1 aromatic rings. The predicted octanol–water partition coefficient (Wildman–Crippen LogP) is 3.69. The number of anilines is 1. The summed E-state index contributed by atoms with van der Waals surface area (Å²) in [6.07, 6.45) is 0.980. The molecule has 0 aliphatic rings. The maximum Gasteiger partial charge on any atom is 0.254 e. The molecule has 0 aliphatic carbocycles. The molecule has 0 saturated heterocycles. The number of nitrogens with zero attached hydrogens (tertiary/aromatic N) is 1. The van der Waals surface area contributed by atoms with E-state index in [-0.39, 0.29) is 11.9 Å². The third-order valence-electron chi connectivity index (χ3n) is 3.56. The first-order valence-corrected chi connectivity index (χ1v) is 7.20. The molecule has 0 heterocycles. The standard InChI is InChI=1S/C16H26N2O/c1-6-13(5)18(8-3)16(19)15-10-9-14(17-7-2)11-12(15)4/h9-11,13,17H,6-8H2,1-5H3. The summed E-state index contributed by atoms with van der Waals surface area (Å²) >= 11 is 0. The molecule has 3 heteroatoms. The lowest BCUT2D eigenvalue weighted by Gasteiger charge is -2.28. The Morgan fingerprint density at radius 2 is 2.00 bits per heavy atom. The van der Waals surface area contributed by atoms with Crippen molar-refractivity contribution >= 4 is 11.6 Å². The van der Waals surface area contributed by atoms with E-state index in [0.29, 0.717) is 0 Å². The van der Waals surface area contributed by atoms with Crippen molar-refractivity contribution in [2.75, 3.05) is 18.4 Å². The summed E-state index contributed by atoms with van der Waals surface area (Å²) in [5, 5.41) is 3.27. The highest BCUT2D eigenvalue weighted by Crippen LogP contribution is 2.18. The van der Waals surface area contributed by atoms with Crippen LogP contribution in [0.2, 0.25) is 0 Å². The van der Waals surface area contributed by atoms with Gasteiger partial charge in [-0.3, -0.25) is 4.79 Å². The van der Waals surface area contributed by atoms with Crippen LogP contribution in [0.1, 0.15) is 50.0 Å². The number of benzene rings is 1. The van der Waals surface area contributed by atoms with Crippen molar-refractivity contribution in [3.63, 3.8) is 0 Å². The first-order valence-electron chi connectivity index (χ1n) is 7.20. The number of hydrogen-bond acceptors (Lipinski definition) is 2. The van der Waals surface area contributed by atoms with Crippen molar-refractivity contribution in [2.45, 2.75) is 47.1 Å². The lowest BCUT2D eigenvalue weighted by atomic mass is 10.1. The Labute approximate surface area is 117 Å². The van der Waals surface area contributed by atoms with Crippen LogP contribution in [0.4, 0.5) is 5.69 Å². The molecule has 0 aliphatic heterocycles. The molecule has 0 spiro atoms. The fourth-order valence-corrected chi connectivity index (χ4v) is 2.25. The molecule has 1 rings (SSSR count). The Morgan fingerprint density at radius 3 is 2.47 bits per heavy atom. The number of rotatable bonds is 6. The first-order chi connectivity index (χ1) is 9.04. The van der Waals surface area contributed by atoms with Gasteiger partial charge in [0, 0.05) is 30.4 Å². The van der Waals surface area contributed by atoms with Gasteiger partial charge in [-0.15, -0.1) is 0 Å². The largest absolute Gasteiger partial charge is 0.385 e. The number of hydrogen-bond donors (Lipinski definition) is 1. The number of nitrogens with one attached hydrogen (secondary N) is 1. The van der Waals surface area contributed by atoms with Gasteiger partial charge in [-0.05, 0) is 57.9 Å². The van der Waals surface area contributed by atoms with E-state index in [1.807, 2.05) is 36.9 Å². The molecule has 1 N–H and O–H groups in total. The third-order valence-corrected chi connectivity index (χ3v) is 3.56. The zero-order valence-corrected chi connectivity index (χ0v) is 12.8. The van der Waals surface area contributed by atoms with Gasteiger partial charge in [0.15, 0.2) is 0 Å². The Balaban J connectivity index is 2.98. The van der Waals surface area contributed by atoms with Crippen LogP contribution < -0.4 is 5.32 Å². The highest BCUT2D eigenvalue weighted by atomic mass is 16.2. The Bertz CT molecular complexity index is 429. The third kappa shape index (κ3) is 3.72. The molecule has 3 nitrogen and oxygen atoms in total. The predicted molar refractivity (Wildman–Crippen MR) is 81.8 cm³/mol. The average molecular weight is 262 g/mol. The van der Waals surface area contributed by atoms with Crippen LogP contribution >= 0.6 is 0 Å². The van der Waals surface area contributed by atoms with Crippen LogP contribution in [-0.4, -0.2) is 29.9 Å². The highest BCUT2D eigenvalue weighted by molar-refractivity contribution is 5.96. The first kappa shape index (κ1) is 15.5. The van der Waals surface area contributed by atoms with Crippen LogP contribution in [0, 0.1) is 6.92 Å². The molecular formula is C16H26N2O. The normalized spacial score (nSPS) is 12.1. The molecule has 0 bridgehead atoms.